The van der Waals surface area contributed by atoms with Crippen LogP contribution in [0.15, 0.2) is 27.5 Å². The van der Waals surface area contributed by atoms with Crippen LogP contribution < -0.4 is 14.4 Å². The number of piperazine rings is 1. The molecule has 0 bridgehead atoms. The van der Waals surface area contributed by atoms with Gasteiger partial charge in [0.15, 0.2) is 11.5 Å². The number of ether oxygens (including phenoxy) is 2. The number of hydrogen-bond acceptors (Lipinski definition) is 8. The summed E-state index contributed by atoms with van der Waals surface area (Å²) in [5, 5.41) is 8.10. The highest BCUT2D eigenvalue weighted by Gasteiger charge is 2.31. The van der Waals surface area contributed by atoms with Gasteiger partial charge >= 0.3 is 6.01 Å². The molecule has 1 aromatic carbocycles. The molecule has 0 spiro atoms. The molecule has 2 aliphatic rings. The Morgan fingerprint density at radius 3 is 2.37 bits per heavy atom. The summed E-state index contributed by atoms with van der Waals surface area (Å²) in [6.45, 7) is 6.51. The van der Waals surface area contributed by atoms with Gasteiger partial charge in [0.25, 0.3) is 0 Å². The van der Waals surface area contributed by atoms with Gasteiger partial charge in [0.2, 0.25) is 15.9 Å². The predicted octanol–water partition coefficient (Wildman–Crippen LogP) is 1.48. The topological polar surface area (TPSA) is 98.0 Å². The zero-order chi connectivity index (χ0) is 19.0. The highest BCUT2D eigenvalue weighted by Crippen LogP contribution is 2.33. The van der Waals surface area contributed by atoms with Crippen molar-refractivity contribution in [3.63, 3.8) is 0 Å². The van der Waals surface area contributed by atoms with Crippen LogP contribution >= 0.6 is 0 Å². The van der Waals surface area contributed by atoms with Crippen LogP contribution in [0, 0.1) is 0 Å². The average Bonchev–Trinajstić information content (AvgIpc) is 3.18. The van der Waals surface area contributed by atoms with E-state index in [0.717, 1.165) is 0 Å². The van der Waals surface area contributed by atoms with Crippen molar-refractivity contribution in [3.8, 4) is 11.5 Å². The molecule has 0 aliphatic carbocycles. The summed E-state index contributed by atoms with van der Waals surface area (Å²) in [7, 11) is -3.60. The average molecular weight is 394 g/mol. The first kappa shape index (κ1) is 18.1. The number of aromatic nitrogens is 2. The van der Waals surface area contributed by atoms with Gasteiger partial charge in [-0.1, -0.05) is 18.9 Å². The normalized spacial score (nSPS) is 18.1. The van der Waals surface area contributed by atoms with E-state index in [4.69, 9.17) is 13.9 Å². The van der Waals surface area contributed by atoms with Crippen LogP contribution in [-0.4, -0.2) is 62.3 Å². The molecule has 146 valence electrons. The number of fused-ring (bicyclic) bond motifs is 1. The van der Waals surface area contributed by atoms with Gasteiger partial charge in [0.1, 0.15) is 13.2 Å². The Bertz CT molecular complexity index is 919. The Labute approximate surface area is 157 Å². The van der Waals surface area contributed by atoms with E-state index >= 15 is 0 Å². The lowest BCUT2D eigenvalue weighted by Gasteiger charge is -2.33. The molecule has 1 fully saturated rings. The molecule has 2 aromatic rings. The Hall–Kier alpha value is -2.33. The summed E-state index contributed by atoms with van der Waals surface area (Å²) >= 11 is 0. The van der Waals surface area contributed by atoms with E-state index in [0.29, 0.717) is 62.8 Å². The molecule has 0 unspecified atom stereocenters. The highest BCUT2D eigenvalue weighted by atomic mass is 32.2. The molecule has 0 amide bonds. The zero-order valence-corrected chi connectivity index (χ0v) is 16.1. The molecule has 9 nitrogen and oxygen atoms in total. The smallest absolute Gasteiger partial charge is 0.318 e. The minimum absolute atomic E-state index is 0.156. The van der Waals surface area contributed by atoms with Crippen molar-refractivity contribution >= 4 is 16.0 Å². The van der Waals surface area contributed by atoms with Gasteiger partial charge in [0, 0.05) is 38.2 Å². The molecule has 1 saturated heterocycles. The molecular formula is C17H22N4O5S. The lowest BCUT2D eigenvalue weighted by molar-refractivity contribution is 0.171. The summed E-state index contributed by atoms with van der Waals surface area (Å²) in [4.78, 5) is 2.12. The van der Waals surface area contributed by atoms with Gasteiger partial charge in [-0.2, -0.15) is 4.31 Å². The summed E-state index contributed by atoms with van der Waals surface area (Å²) in [5.41, 5.74) is 0. The fourth-order valence-corrected chi connectivity index (χ4v) is 4.48. The molecule has 0 atom stereocenters. The summed E-state index contributed by atoms with van der Waals surface area (Å²) < 4.78 is 44.0. The van der Waals surface area contributed by atoms with Crippen molar-refractivity contribution in [2.45, 2.75) is 24.7 Å². The maximum atomic E-state index is 13.0. The van der Waals surface area contributed by atoms with Gasteiger partial charge < -0.3 is 18.8 Å². The van der Waals surface area contributed by atoms with Crippen molar-refractivity contribution < 1.29 is 22.3 Å². The lowest BCUT2D eigenvalue weighted by Crippen LogP contribution is -2.48. The SMILES string of the molecule is CC(C)c1nnc(N2CCN(S(=O)(=O)c3ccc4c(c3)OCCO4)CC2)o1. The van der Waals surface area contributed by atoms with Gasteiger partial charge in [-0.3, -0.25) is 0 Å². The van der Waals surface area contributed by atoms with Crippen LogP contribution in [0.4, 0.5) is 6.01 Å². The fourth-order valence-electron chi connectivity index (χ4n) is 3.04. The first-order valence-electron chi connectivity index (χ1n) is 8.93. The minimum Gasteiger partial charge on any atom is -0.486 e. The number of sulfonamides is 1. The van der Waals surface area contributed by atoms with Crippen LogP contribution in [0.2, 0.25) is 0 Å². The van der Waals surface area contributed by atoms with E-state index in [9.17, 15) is 8.42 Å². The number of rotatable bonds is 4. The Morgan fingerprint density at radius 2 is 1.70 bits per heavy atom. The third-order valence-corrected chi connectivity index (χ3v) is 6.48. The van der Waals surface area contributed by atoms with Crippen LogP contribution in [0.1, 0.15) is 25.7 Å². The van der Waals surface area contributed by atoms with Gasteiger partial charge in [0.05, 0.1) is 4.90 Å². The standard InChI is InChI=1S/C17H22N4O5S/c1-12(2)16-18-19-17(26-16)20-5-7-21(8-6-20)27(22,23)13-3-4-14-15(11-13)25-10-9-24-14/h3-4,11-12H,5-10H2,1-2H3. The molecule has 2 aliphatic heterocycles. The van der Waals surface area contributed by atoms with E-state index in [1.807, 2.05) is 18.7 Å². The molecule has 0 N–H and O–H groups in total. The van der Waals surface area contributed by atoms with E-state index in [1.54, 1.807) is 12.1 Å². The molecule has 4 rings (SSSR count). The van der Waals surface area contributed by atoms with Crippen LogP contribution in [0.5, 0.6) is 11.5 Å². The molecular weight excluding hydrogens is 372 g/mol. The maximum absolute atomic E-state index is 13.0. The Kier molecular flexibility index (Phi) is 4.68. The van der Waals surface area contributed by atoms with Crippen LogP contribution in [0.25, 0.3) is 0 Å². The van der Waals surface area contributed by atoms with Crippen molar-refractivity contribution in [2.75, 3.05) is 44.3 Å². The van der Waals surface area contributed by atoms with Gasteiger partial charge in [-0.15, -0.1) is 5.10 Å². The summed E-state index contributed by atoms with van der Waals surface area (Å²) in [6, 6.07) is 5.17. The molecule has 10 heteroatoms. The van der Waals surface area contributed by atoms with Crippen molar-refractivity contribution in [2.24, 2.45) is 0 Å². The molecule has 3 heterocycles. The fraction of sp³-hybridized carbons (Fsp3) is 0.529. The quantitative estimate of drug-likeness (QED) is 0.769. The predicted molar refractivity (Wildman–Crippen MR) is 96.8 cm³/mol. The second-order valence-corrected chi connectivity index (χ2v) is 8.71. The monoisotopic (exact) mass is 394 g/mol. The number of benzene rings is 1. The minimum atomic E-state index is -3.60. The second-order valence-electron chi connectivity index (χ2n) is 6.77. The lowest BCUT2D eigenvalue weighted by atomic mass is 10.2. The number of hydrogen-bond donors (Lipinski definition) is 0. The van der Waals surface area contributed by atoms with Crippen molar-refractivity contribution in [1.29, 1.82) is 0 Å². The Balaban J connectivity index is 1.46. The van der Waals surface area contributed by atoms with E-state index in [2.05, 4.69) is 10.2 Å². The van der Waals surface area contributed by atoms with Crippen molar-refractivity contribution in [3.05, 3.63) is 24.1 Å². The third kappa shape index (κ3) is 3.46. The summed E-state index contributed by atoms with van der Waals surface area (Å²) in [5.74, 6) is 1.77. The first-order valence-corrected chi connectivity index (χ1v) is 10.4. The number of anilines is 1. The van der Waals surface area contributed by atoms with Gasteiger partial charge in [-0.25, -0.2) is 8.42 Å². The number of nitrogens with zero attached hydrogens (tertiary/aromatic N) is 4. The largest absolute Gasteiger partial charge is 0.486 e. The molecule has 1 aromatic heterocycles. The third-order valence-electron chi connectivity index (χ3n) is 4.58. The molecule has 0 radical (unpaired) electrons. The summed E-state index contributed by atoms with van der Waals surface area (Å²) in [6.07, 6.45) is 0. The van der Waals surface area contributed by atoms with Crippen LogP contribution in [-0.2, 0) is 10.0 Å². The second kappa shape index (κ2) is 7.01. The van der Waals surface area contributed by atoms with E-state index in [1.165, 1.54) is 10.4 Å². The molecule has 0 saturated carbocycles. The van der Waals surface area contributed by atoms with E-state index in [-0.39, 0.29) is 10.8 Å². The Morgan fingerprint density at radius 1 is 1.00 bits per heavy atom. The first-order chi connectivity index (χ1) is 12.9. The molecule has 27 heavy (non-hydrogen) atoms. The highest BCUT2D eigenvalue weighted by molar-refractivity contribution is 7.89. The maximum Gasteiger partial charge on any atom is 0.318 e. The van der Waals surface area contributed by atoms with Gasteiger partial charge in [-0.05, 0) is 12.1 Å². The van der Waals surface area contributed by atoms with E-state index < -0.39 is 10.0 Å². The van der Waals surface area contributed by atoms with Crippen LogP contribution in [0.3, 0.4) is 0 Å². The zero-order valence-electron chi connectivity index (χ0n) is 15.3. The van der Waals surface area contributed by atoms with Crippen molar-refractivity contribution in [1.82, 2.24) is 14.5 Å².